The number of benzene rings is 1. The zero-order valence-corrected chi connectivity index (χ0v) is 20.5. The molecule has 0 saturated heterocycles. The van der Waals surface area contributed by atoms with Crippen molar-refractivity contribution >= 4 is 5.97 Å². The Labute approximate surface area is 194 Å². The van der Waals surface area contributed by atoms with Gasteiger partial charge in [0, 0.05) is 0 Å². The highest BCUT2D eigenvalue weighted by Crippen LogP contribution is 2.39. The van der Waals surface area contributed by atoms with Gasteiger partial charge in [0.05, 0.1) is 18.3 Å². The number of hydrogen-bond acceptors (Lipinski definition) is 5. The summed E-state index contributed by atoms with van der Waals surface area (Å²) in [5.74, 6) is 1.02. The summed E-state index contributed by atoms with van der Waals surface area (Å²) in [4.78, 5) is 11.9. The number of ether oxygens (including phenoxy) is 2. The molecule has 0 radical (unpaired) electrons. The fourth-order valence-electron chi connectivity index (χ4n) is 5.02. The molecule has 182 valence electrons. The predicted molar refractivity (Wildman–Crippen MR) is 128 cm³/mol. The van der Waals surface area contributed by atoms with E-state index < -0.39 is 0 Å². The number of carbonyl (C=O) groups excluding carboxylic acids is 1. The van der Waals surface area contributed by atoms with Crippen LogP contribution in [0, 0.1) is 11.8 Å². The van der Waals surface area contributed by atoms with Gasteiger partial charge in [-0.2, -0.15) is 0 Å². The molecule has 0 spiro atoms. The molecule has 4 atom stereocenters. The van der Waals surface area contributed by atoms with Crippen LogP contribution < -0.4 is 4.74 Å². The minimum Gasteiger partial charge on any atom is -0.482 e. The Balaban J connectivity index is 1.99. The molecule has 1 saturated carbocycles. The average Bonchev–Trinajstić information content (AvgIpc) is 3.09. The fourth-order valence-corrected chi connectivity index (χ4v) is 5.02. The van der Waals surface area contributed by atoms with Crippen LogP contribution in [0.4, 0.5) is 0 Å². The number of aliphatic hydroxyl groups is 2. The third-order valence-corrected chi connectivity index (χ3v) is 6.69. The summed E-state index contributed by atoms with van der Waals surface area (Å²) in [5.41, 5.74) is 2.36. The number of carbonyl (C=O) groups is 1. The highest BCUT2D eigenvalue weighted by molar-refractivity contribution is 5.71. The first-order valence-electron chi connectivity index (χ1n) is 12.6. The van der Waals surface area contributed by atoms with E-state index in [4.69, 9.17) is 9.47 Å². The van der Waals surface area contributed by atoms with Crippen LogP contribution in [0.25, 0.3) is 0 Å². The van der Waals surface area contributed by atoms with Crippen LogP contribution in [-0.2, 0) is 22.4 Å². The molecule has 5 heteroatoms. The van der Waals surface area contributed by atoms with E-state index in [0.717, 1.165) is 69.1 Å². The van der Waals surface area contributed by atoms with Crippen LogP contribution in [0.15, 0.2) is 18.2 Å². The molecule has 5 nitrogen and oxygen atoms in total. The number of esters is 1. The van der Waals surface area contributed by atoms with Crippen molar-refractivity contribution in [1.29, 1.82) is 0 Å². The van der Waals surface area contributed by atoms with Gasteiger partial charge in [-0.25, -0.2) is 4.79 Å². The monoisotopic (exact) mass is 448 g/mol. The minimum absolute atomic E-state index is 0.0880. The lowest BCUT2D eigenvalue weighted by Gasteiger charge is -2.25. The van der Waals surface area contributed by atoms with Crippen molar-refractivity contribution in [2.75, 3.05) is 6.61 Å². The van der Waals surface area contributed by atoms with E-state index >= 15 is 0 Å². The Morgan fingerprint density at radius 1 is 1.16 bits per heavy atom. The van der Waals surface area contributed by atoms with Gasteiger partial charge in [-0.3, -0.25) is 0 Å². The van der Waals surface area contributed by atoms with Gasteiger partial charge >= 0.3 is 5.97 Å². The van der Waals surface area contributed by atoms with Crippen molar-refractivity contribution in [3.8, 4) is 5.75 Å². The summed E-state index contributed by atoms with van der Waals surface area (Å²) >= 11 is 0. The Morgan fingerprint density at radius 3 is 2.62 bits per heavy atom. The van der Waals surface area contributed by atoms with Crippen molar-refractivity contribution in [2.24, 2.45) is 11.8 Å². The lowest BCUT2D eigenvalue weighted by molar-refractivity contribution is -0.149. The van der Waals surface area contributed by atoms with Gasteiger partial charge in [0.1, 0.15) is 5.75 Å². The smallest absolute Gasteiger partial charge is 0.344 e. The SMILES string of the molecule is CCCCC[C@H](O)CC[C@@H]1[C@@H](Cc2cccc(OCC(=O)OC(C)C)c2CC)CC[C@H]1O. The molecule has 0 bridgehead atoms. The van der Waals surface area contributed by atoms with E-state index in [9.17, 15) is 15.0 Å². The Kier molecular flexibility index (Phi) is 11.5. The van der Waals surface area contributed by atoms with Crippen molar-refractivity contribution in [2.45, 2.75) is 110 Å². The van der Waals surface area contributed by atoms with Crippen molar-refractivity contribution in [1.82, 2.24) is 0 Å². The highest BCUT2D eigenvalue weighted by atomic mass is 16.6. The summed E-state index contributed by atoms with van der Waals surface area (Å²) in [6.45, 7) is 7.84. The molecule has 0 heterocycles. The Hall–Kier alpha value is -1.59. The summed E-state index contributed by atoms with van der Waals surface area (Å²) in [5, 5.41) is 20.9. The zero-order valence-electron chi connectivity index (χ0n) is 20.5. The topological polar surface area (TPSA) is 76.0 Å². The van der Waals surface area contributed by atoms with E-state index in [1.807, 2.05) is 26.0 Å². The summed E-state index contributed by atoms with van der Waals surface area (Å²) in [6.07, 6.45) is 8.77. The van der Waals surface area contributed by atoms with Crippen LogP contribution in [0.1, 0.15) is 90.2 Å². The molecule has 1 aliphatic rings. The summed E-state index contributed by atoms with van der Waals surface area (Å²) in [7, 11) is 0. The number of aliphatic hydroxyl groups excluding tert-OH is 2. The van der Waals surface area contributed by atoms with Crippen LogP contribution in [0.3, 0.4) is 0 Å². The molecule has 1 aromatic rings. The van der Waals surface area contributed by atoms with E-state index in [1.54, 1.807) is 0 Å². The first-order valence-corrected chi connectivity index (χ1v) is 12.6. The molecule has 1 fully saturated rings. The number of rotatable bonds is 14. The lowest BCUT2D eigenvalue weighted by atomic mass is 9.83. The first kappa shape index (κ1) is 26.7. The van der Waals surface area contributed by atoms with Gasteiger partial charge in [0.25, 0.3) is 0 Å². The summed E-state index contributed by atoms with van der Waals surface area (Å²) < 4.78 is 11.0. The third kappa shape index (κ3) is 8.40. The van der Waals surface area contributed by atoms with Crippen molar-refractivity contribution in [3.05, 3.63) is 29.3 Å². The van der Waals surface area contributed by atoms with Crippen molar-refractivity contribution in [3.63, 3.8) is 0 Å². The van der Waals surface area contributed by atoms with Crippen LogP contribution in [0.5, 0.6) is 5.75 Å². The number of hydrogen-bond donors (Lipinski definition) is 2. The molecule has 0 aliphatic heterocycles. The molecule has 0 aromatic heterocycles. The van der Waals surface area contributed by atoms with E-state index in [-0.39, 0.29) is 36.8 Å². The maximum Gasteiger partial charge on any atom is 0.344 e. The molecule has 2 N–H and O–H groups in total. The quantitative estimate of drug-likeness (QED) is 0.301. The fraction of sp³-hybridized carbons (Fsp3) is 0.741. The number of unbranched alkanes of at least 4 members (excludes halogenated alkanes) is 2. The largest absolute Gasteiger partial charge is 0.482 e. The normalized spacial score (nSPS) is 21.7. The summed E-state index contributed by atoms with van der Waals surface area (Å²) in [6, 6.07) is 6.04. The molecular weight excluding hydrogens is 404 g/mol. The van der Waals surface area contributed by atoms with Crippen LogP contribution >= 0.6 is 0 Å². The highest BCUT2D eigenvalue weighted by Gasteiger charge is 2.35. The zero-order chi connectivity index (χ0) is 23.5. The average molecular weight is 449 g/mol. The van der Waals surface area contributed by atoms with E-state index in [0.29, 0.717) is 5.92 Å². The first-order chi connectivity index (χ1) is 15.3. The van der Waals surface area contributed by atoms with Gasteiger partial charge in [-0.05, 0) is 87.8 Å². The van der Waals surface area contributed by atoms with E-state index in [2.05, 4.69) is 19.9 Å². The van der Waals surface area contributed by atoms with Gasteiger partial charge < -0.3 is 19.7 Å². The molecule has 0 unspecified atom stereocenters. The molecule has 32 heavy (non-hydrogen) atoms. The standard InChI is InChI=1S/C27H44O5/c1-5-7-8-11-22(28)14-15-24-21(13-16-25(24)29)17-20-10-9-12-26(23(20)6-2)31-18-27(30)32-19(3)4/h9-10,12,19,21-22,24-25,28-29H,5-8,11,13-18H2,1-4H3/t21-,22+,24-,25-/m1/s1. The second-order valence-electron chi connectivity index (χ2n) is 9.57. The maximum absolute atomic E-state index is 11.9. The van der Waals surface area contributed by atoms with Gasteiger partial charge in [-0.1, -0.05) is 45.2 Å². The lowest BCUT2D eigenvalue weighted by Crippen LogP contribution is -2.23. The molecule has 1 aliphatic carbocycles. The predicted octanol–water partition coefficient (Wildman–Crippen LogP) is 5.23. The second-order valence-corrected chi connectivity index (χ2v) is 9.57. The van der Waals surface area contributed by atoms with Crippen LogP contribution in [-0.4, -0.2) is 41.1 Å². The minimum atomic E-state index is -0.357. The van der Waals surface area contributed by atoms with E-state index in [1.165, 1.54) is 12.0 Å². The maximum atomic E-state index is 11.9. The molecule has 1 aromatic carbocycles. The third-order valence-electron chi connectivity index (χ3n) is 6.69. The molecule has 2 rings (SSSR count). The van der Waals surface area contributed by atoms with Crippen molar-refractivity contribution < 1.29 is 24.5 Å². The Morgan fingerprint density at radius 2 is 1.94 bits per heavy atom. The molecule has 0 amide bonds. The second kappa shape index (κ2) is 13.8. The Bertz CT molecular complexity index is 687. The van der Waals surface area contributed by atoms with Gasteiger partial charge in [0.2, 0.25) is 0 Å². The molecular formula is C27H44O5. The van der Waals surface area contributed by atoms with Gasteiger partial charge in [0.15, 0.2) is 6.61 Å². The van der Waals surface area contributed by atoms with Gasteiger partial charge in [-0.15, -0.1) is 0 Å². The van der Waals surface area contributed by atoms with Crippen LogP contribution in [0.2, 0.25) is 0 Å².